The van der Waals surface area contributed by atoms with Crippen LogP contribution in [0.5, 0.6) is 0 Å². The number of rotatable bonds is 5. The van der Waals surface area contributed by atoms with Crippen LogP contribution in [0.4, 0.5) is 0 Å². The van der Waals surface area contributed by atoms with Crippen LogP contribution in [-0.2, 0) is 9.53 Å². The molecule has 2 nitrogen and oxygen atoms in total. The van der Waals surface area contributed by atoms with E-state index in [0.717, 1.165) is 12.8 Å². The van der Waals surface area contributed by atoms with Crippen molar-refractivity contribution in [1.82, 2.24) is 0 Å². The smallest absolute Gasteiger partial charge is 0.333 e. The topological polar surface area (TPSA) is 26.3 Å². The highest BCUT2D eigenvalue weighted by Gasteiger charge is 2.03. The van der Waals surface area contributed by atoms with E-state index in [0.29, 0.717) is 12.2 Å². The lowest BCUT2D eigenvalue weighted by Crippen LogP contribution is -2.06. The molecule has 0 aliphatic rings. The summed E-state index contributed by atoms with van der Waals surface area (Å²) < 4.78 is 5.04. The number of hydrogen-bond acceptors (Lipinski definition) is 2. The van der Waals surface area contributed by atoms with Crippen molar-refractivity contribution in [2.45, 2.75) is 40.5 Å². The van der Waals surface area contributed by atoms with Gasteiger partial charge in [0.25, 0.3) is 0 Å². The maximum Gasteiger partial charge on any atom is 0.333 e. The molecule has 0 aromatic carbocycles. The van der Waals surface area contributed by atoms with Gasteiger partial charge in [-0.25, -0.2) is 4.79 Å². The first kappa shape index (κ1) is 12.9. The third-order valence-electron chi connectivity index (χ3n) is 1.72. The molecule has 0 radical (unpaired) electrons. The van der Waals surface area contributed by atoms with Gasteiger partial charge in [0, 0.05) is 5.57 Å². The molecular weight excluding hydrogens is 176 g/mol. The molecule has 0 aromatic rings. The maximum atomic E-state index is 11.3. The minimum absolute atomic E-state index is 0.212. The van der Waals surface area contributed by atoms with Gasteiger partial charge in [-0.2, -0.15) is 0 Å². The summed E-state index contributed by atoms with van der Waals surface area (Å²) in [6.07, 6.45) is 5.69. The lowest BCUT2D eigenvalue weighted by atomic mass is 10.2. The zero-order chi connectivity index (χ0) is 11.0. The predicted octanol–water partition coefficient (Wildman–Crippen LogP) is 3.24. The van der Waals surface area contributed by atoms with Crippen molar-refractivity contribution in [3.05, 3.63) is 23.3 Å². The first-order valence-corrected chi connectivity index (χ1v) is 5.06. The van der Waals surface area contributed by atoms with Gasteiger partial charge in [-0.1, -0.05) is 31.1 Å². The number of carbonyl (C=O) groups excluding carboxylic acids is 1. The quantitative estimate of drug-likeness (QED) is 0.292. The summed E-state index contributed by atoms with van der Waals surface area (Å²) >= 11 is 0. The third-order valence-corrected chi connectivity index (χ3v) is 1.72. The van der Waals surface area contributed by atoms with Crippen molar-refractivity contribution in [2.24, 2.45) is 0 Å². The number of unbranched alkanes of at least 4 members (excludes halogenated alkanes) is 1. The average Bonchev–Trinajstić information content (AvgIpc) is 2.14. The summed E-state index contributed by atoms with van der Waals surface area (Å²) in [5, 5.41) is 0. The van der Waals surface area contributed by atoms with Crippen LogP contribution in [0.25, 0.3) is 0 Å². The van der Waals surface area contributed by atoms with E-state index in [1.165, 1.54) is 5.57 Å². The van der Waals surface area contributed by atoms with Crippen molar-refractivity contribution in [2.75, 3.05) is 6.61 Å². The first-order valence-electron chi connectivity index (χ1n) is 5.06. The van der Waals surface area contributed by atoms with E-state index < -0.39 is 0 Å². The van der Waals surface area contributed by atoms with E-state index in [1.54, 1.807) is 13.0 Å². The Hall–Kier alpha value is -1.05. The molecule has 0 saturated heterocycles. The second-order valence-corrected chi connectivity index (χ2v) is 3.58. The van der Waals surface area contributed by atoms with Gasteiger partial charge in [0.2, 0.25) is 0 Å². The molecule has 0 saturated carbocycles. The van der Waals surface area contributed by atoms with Crippen LogP contribution in [0, 0.1) is 0 Å². The summed E-state index contributed by atoms with van der Waals surface area (Å²) in [4.78, 5) is 11.3. The highest BCUT2D eigenvalue weighted by atomic mass is 16.5. The molecular formula is C12H20O2. The Kier molecular flexibility index (Phi) is 6.81. The summed E-state index contributed by atoms with van der Waals surface area (Å²) in [6.45, 7) is 8.35. The minimum atomic E-state index is -0.212. The minimum Gasteiger partial charge on any atom is -0.462 e. The molecule has 0 bridgehead atoms. The average molecular weight is 196 g/mol. The van der Waals surface area contributed by atoms with E-state index in [-0.39, 0.29) is 5.97 Å². The first-order chi connectivity index (χ1) is 6.57. The molecule has 0 aliphatic carbocycles. The van der Waals surface area contributed by atoms with Crippen LogP contribution in [0.15, 0.2) is 23.3 Å². The molecule has 0 spiro atoms. The van der Waals surface area contributed by atoms with Gasteiger partial charge in [0.15, 0.2) is 0 Å². The van der Waals surface area contributed by atoms with Gasteiger partial charge < -0.3 is 4.74 Å². The molecule has 0 N–H and O–H groups in total. The predicted molar refractivity (Wildman–Crippen MR) is 59.1 cm³/mol. The summed E-state index contributed by atoms with van der Waals surface area (Å²) in [7, 11) is 0. The van der Waals surface area contributed by atoms with Crippen LogP contribution in [0.1, 0.15) is 40.5 Å². The Morgan fingerprint density at radius 3 is 2.36 bits per heavy atom. The maximum absolute atomic E-state index is 11.3. The molecule has 0 amide bonds. The monoisotopic (exact) mass is 196 g/mol. The van der Waals surface area contributed by atoms with Crippen molar-refractivity contribution < 1.29 is 9.53 Å². The largest absolute Gasteiger partial charge is 0.462 e. The Balaban J connectivity index is 3.99. The zero-order valence-electron chi connectivity index (χ0n) is 9.59. The van der Waals surface area contributed by atoms with Gasteiger partial charge >= 0.3 is 5.97 Å². The number of ether oxygens (including phenoxy) is 1. The van der Waals surface area contributed by atoms with E-state index in [1.807, 2.05) is 19.9 Å². The molecule has 0 aromatic heterocycles. The Morgan fingerprint density at radius 2 is 1.86 bits per heavy atom. The molecule has 0 fully saturated rings. The molecule has 0 atom stereocenters. The second-order valence-electron chi connectivity index (χ2n) is 3.58. The fourth-order valence-corrected chi connectivity index (χ4v) is 0.783. The highest BCUT2D eigenvalue weighted by molar-refractivity contribution is 5.88. The summed E-state index contributed by atoms with van der Waals surface area (Å²) in [5.74, 6) is -0.212. The molecule has 2 heteroatoms. The normalized spacial score (nSPS) is 11.0. The van der Waals surface area contributed by atoms with Gasteiger partial charge in [-0.3, -0.25) is 0 Å². The Bertz CT molecular complexity index is 233. The van der Waals surface area contributed by atoms with Crippen molar-refractivity contribution in [3.63, 3.8) is 0 Å². The molecule has 0 rings (SSSR count). The molecule has 0 aliphatic heterocycles. The molecule has 14 heavy (non-hydrogen) atoms. The fourth-order valence-electron chi connectivity index (χ4n) is 0.783. The molecule has 80 valence electrons. The lowest BCUT2D eigenvalue weighted by molar-refractivity contribution is -0.139. The van der Waals surface area contributed by atoms with Crippen LogP contribution in [0.3, 0.4) is 0 Å². The van der Waals surface area contributed by atoms with E-state index >= 15 is 0 Å². The summed E-state index contributed by atoms with van der Waals surface area (Å²) in [5.41, 5.74) is 1.83. The number of carbonyl (C=O) groups is 1. The van der Waals surface area contributed by atoms with Crippen LogP contribution < -0.4 is 0 Å². The van der Waals surface area contributed by atoms with Crippen molar-refractivity contribution in [1.29, 1.82) is 0 Å². The van der Waals surface area contributed by atoms with Crippen molar-refractivity contribution in [3.8, 4) is 0 Å². The van der Waals surface area contributed by atoms with Gasteiger partial charge in [0.1, 0.15) is 0 Å². The van der Waals surface area contributed by atoms with Crippen LogP contribution >= 0.6 is 0 Å². The zero-order valence-corrected chi connectivity index (χ0v) is 9.59. The molecule has 0 heterocycles. The number of hydrogen-bond donors (Lipinski definition) is 0. The molecule has 0 unspecified atom stereocenters. The van der Waals surface area contributed by atoms with Gasteiger partial charge in [-0.05, 0) is 27.2 Å². The van der Waals surface area contributed by atoms with Crippen LogP contribution in [0.2, 0.25) is 0 Å². The van der Waals surface area contributed by atoms with Crippen LogP contribution in [-0.4, -0.2) is 12.6 Å². The van der Waals surface area contributed by atoms with E-state index in [4.69, 9.17) is 4.74 Å². The Morgan fingerprint density at radius 1 is 1.21 bits per heavy atom. The standard InChI is InChI=1S/C12H20O2/c1-5-6-9-14-12(13)11(4)8-7-10(2)3/h7-8H,5-6,9H2,1-4H3/b11-8+. The Labute approximate surface area is 86.6 Å². The number of esters is 1. The highest BCUT2D eigenvalue weighted by Crippen LogP contribution is 2.00. The fraction of sp³-hybridized carbons (Fsp3) is 0.583. The van der Waals surface area contributed by atoms with E-state index in [9.17, 15) is 4.79 Å². The van der Waals surface area contributed by atoms with Gasteiger partial charge in [-0.15, -0.1) is 0 Å². The summed E-state index contributed by atoms with van der Waals surface area (Å²) in [6, 6.07) is 0. The van der Waals surface area contributed by atoms with E-state index in [2.05, 4.69) is 6.92 Å². The second kappa shape index (κ2) is 7.36. The lowest BCUT2D eigenvalue weighted by Gasteiger charge is -2.02. The SMILES string of the molecule is CCCCOC(=O)/C(C)=C/C=C(C)C. The van der Waals surface area contributed by atoms with Gasteiger partial charge in [0.05, 0.1) is 6.61 Å². The number of allylic oxidation sites excluding steroid dienone is 3. The third kappa shape index (κ3) is 6.46. The van der Waals surface area contributed by atoms with Crippen molar-refractivity contribution >= 4 is 5.97 Å².